The van der Waals surface area contributed by atoms with Crippen LogP contribution in [-0.4, -0.2) is 6.21 Å². The largest absolute Gasteiger partial charge is 0.308 e. The van der Waals surface area contributed by atoms with Crippen LogP contribution >= 0.6 is 0 Å². The Morgan fingerprint density at radius 2 is 1.45 bits per heavy atom. The highest BCUT2D eigenvalue weighted by atomic mass is 14.3. The van der Waals surface area contributed by atoms with E-state index >= 15 is 0 Å². The summed E-state index contributed by atoms with van der Waals surface area (Å²) in [6, 6.07) is 10.5. The summed E-state index contributed by atoms with van der Waals surface area (Å²) in [5.74, 6) is 0. The fourth-order valence-electron chi connectivity index (χ4n) is 1.23. The fourth-order valence-corrected chi connectivity index (χ4v) is 1.23. The number of hydrogen-bond acceptors (Lipinski definition) is 1. The van der Waals surface area contributed by atoms with E-state index in [1.165, 1.54) is 18.2 Å². The predicted octanol–water partition coefficient (Wildman–Crippen LogP) is 6.77. The number of allylic oxidation sites excluding steroid dienone is 5. The molecule has 0 radical (unpaired) electrons. The van der Waals surface area contributed by atoms with Crippen LogP contribution in [-0.2, 0) is 6.42 Å². The SMILES string of the molecule is C=C(C)/C=C\C(C)=C(/C)C=N.CCC.CCc1ccccc1. The lowest BCUT2D eigenvalue weighted by atomic mass is 10.1. The molecular formula is C21H33N. The molecule has 0 aliphatic carbocycles. The average Bonchev–Trinajstić information content (AvgIpc) is 2.53. The maximum Gasteiger partial charge on any atom is 0.0209 e. The maximum absolute atomic E-state index is 6.99. The van der Waals surface area contributed by atoms with E-state index in [0.29, 0.717) is 0 Å². The third-order valence-electron chi connectivity index (χ3n) is 2.71. The van der Waals surface area contributed by atoms with E-state index in [4.69, 9.17) is 5.41 Å². The number of rotatable bonds is 4. The van der Waals surface area contributed by atoms with Crippen LogP contribution in [0.25, 0.3) is 0 Å². The van der Waals surface area contributed by atoms with Crippen LogP contribution in [0.3, 0.4) is 0 Å². The molecular weight excluding hydrogens is 266 g/mol. The lowest BCUT2D eigenvalue weighted by molar-refractivity contribution is 1.09. The normalized spacial score (nSPS) is 10.6. The molecule has 0 saturated heterocycles. The first-order valence-corrected chi connectivity index (χ1v) is 7.98. The van der Waals surface area contributed by atoms with E-state index in [1.54, 1.807) is 0 Å². The van der Waals surface area contributed by atoms with Crippen LogP contribution in [0.4, 0.5) is 0 Å². The van der Waals surface area contributed by atoms with Crippen LogP contribution in [0.15, 0.2) is 65.8 Å². The van der Waals surface area contributed by atoms with Crippen molar-refractivity contribution in [2.45, 2.75) is 54.4 Å². The second-order valence-corrected chi connectivity index (χ2v) is 5.24. The second-order valence-electron chi connectivity index (χ2n) is 5.24. The van der Waals surface area contributed by atoms with Crippen LogP contribution in [0.5, 0.6) is 0 Å². The monoisotopic (exact) mass is 299 g/mol. The van der Waals surface area contributed by atoms with E-state index in [0.717, 1.165) is 23.1 Å². The molecule has 0 heterocycles. The minimum atomic E-state index is 0.988. The van der Waals surface area contributed by atoms with Gasteiger partial charge >= 0.3 is 0 Å². The summed E-state index contributed by atoms with van der Waals surface area (Å²) in [7, 11) is 0. The second kappa shape index (κ2) is 15.5. The molecule has 0 unspecified atom stereocenters. The number of benzene rings is 1. The van der Waals surface area contributed by atoms with Gasteiger partial charge in [0.05, 0.1) is 0 Å². The highest BCUT2D eigenvalue weighted by Gasteiger charge is 1.86. The zero-order valence-corrected chi connectivity index (χ0v) is 15.2. The van der Waals surface area contributed by atoms with Crippen molar-refractivity contribution in [2.24, 2.45) is 0 Å². The van der Waals surface area contributed by atoms with Crippen molar-refractivity contribution >= 4 is 6.21 Å². The molecule has 1 rings (SSSR count). The van der Waals surface area contributed by atoms with Gasteiger partial charge in [0.15, 0.2) is 0 Å². The van der Waals surface area contributed by atoms with E-state index in [2.05, 4.69) is 51.6 Å². The standard InChI is InChI=1S/C10H15N.C8H10.C3H8/c1-8(2)5-6-9(3)10(4)7-11;1-2-8-6-4-3-5-7-8;1-3-2/h5-7,11H,1H2,2-4H3;3-7H,2H2,1H3;3H2,1-2H3/b6-5-,10-9+,11-7?;;. The highest BCUT2D eigenvalue weighted by Crippen LogP contribution is 2.03. The summed E-state index contributed by atoms with van der Waals surface area (Å²) in [4.78, 5) is 0. The molecule has 1 aromatic carbocycles. The number of hydrogen-bond donors (Lipinski definition) is 1. The molecule has 1 N–H and O–H groups in total. The molecule has 1 aromatic rings. The number of aryl methyl sites for hydroxylation is 1. The van der Waals surface area contributed by atoms with Gasteiger partial charge in [0.2, 0.25) is 0 Å². The minimum Gasteiger partial charge on any atom is -0.308 e. The molecule has 0 bridgehead atoms. The van der Waals surface area contributed by atoms with Gasteiger partial charge in [-0.25, -0.2) is 0 Å². The summed E-state index contributed by atoms with van der Waals surface area (Å²) in [5.41, 5.74) is 4.54. The van der Waals surface area contributed by atoms with E-state index < -0.39 is 0 Å². The first kappa shape index (κ1) is 22.4. The molecule has 1 heteroatoms. The first-order valence-electron chi connectivity index (χ1n) is 7.98. The summed E-state index contributed by atoms with van der Waals surface area (Å²) < 4.78 is 0. The maximum atomic E-state index is 6.99. The van der Waals surface area contributed by atoms with Crippen molar-refractivity contribution in [3.63, 3.8) is 0 Å². The quantitative estimate of drug-likeness (QED) is 0.468. The Bertz CT molecular complexity index is 464. The smallest absolute Gasteiger partial charge is 0.0209 e. The van der Waals surface area contributed by atoms with Gasteiger partial charge in [-0.15, -0.1) is 0 Å². The van der Waals surface area contributed by atoms with Gasteiger partial charge in [0, 0.05) is 6.21 Å². The zero-order chi connectivity index (χ0) is 17.4. The Morgan fingerprint density at radius 3 is 1.77 bits per heavy atom. The average molecular weight is 300 g/mol. The zero-order valence-electron chi connectivity index (χ0n) is 15.2. The topological polar surface area (TPSA) is 23.9 Å². The predicted molar refractivity (Wildman–Crippen MR) is 103 cm³/mol. The van der Waals surface area contributed by atoms with Crippen LogP contribution in [0.2, 0.25) is 0 Å². The molecule has 0 fully saturated rings. The van der Waals surface area contributed by atoms with Crippen molar-refractivity contribution < 1.29 is 0 Å². The molecule has 122 valence electrons. The molecule has 22 heavy (non-hydrogen) atoms. The fraction of sp³-hybridized carbons (Fsp3) is 0.381. The third kappa shape index (κ3) is 14.5. The summed E-state index contributed by atoms with van der Waals surface area (Å²) in [5, 5.41) is 6.99. The lowest BCUT2D eigenvalue weighted by Gasteiger charge is -1.94. The molecule has 0 aliphatic rings. The van der Waals surface area contributed by atoms with Gasteiger partial charge in [-0.1, -0.05) is 81.8 Å². The van der Waals surface area contributed by atoms with Crippen molar-refractivity contribution in [3.8, 4) is 0 Å². The summed E-state index contributed by atoms with van der Waals surface area (Å²) >= 11 is 0. The van der Waals surface area contributed by atoms with Crippen molar-refractivity contribution in [2.75, 3.05) is 0 Å². The van der Waals surface area contributed by atoms with E-state index in [9.17, 15) is 0 Å². The molecule has 0 aromatic heterocycles. The Morgan fingerprint density at radius 1 is 0.955 bits per heavy atom. The van der Waals surface area contributed by atoms with Crippen molar-refractivity contribution in [3.05, 3.63) is 71.3 Å². The van der Waals surface area contributed by atoms with E-state index in [1.807, 2.05) is 39.0 Å². The molecule has 1 nitrogen and oxygen atoms in total. The van der Waals surface area contributed by atoms with Gasteiger partial charge < -0.3 is 5.41 Å². The molecule has 0 amide bonds. The Balaban J connectivity index is 0. The molecule has 0 saturated carbocycles. The van der Waals surface area contributed by atoms with Gasteiger partial charge in [0.1, 0.15) is 0 Å². The van der Waals surface area contributed by atoms with Crippen LogP contribution in [0, 0.1) is 5.41 Å². The summed E-state index contributed by atoms with van der Waals surface area (Å²) in [6.07, 6.45) is 7.67. The van der Waals surface area contributed by atoms with Gasteiger partial charge in [-0.3, -0.25) is 0 Å². The third-order valence-corrected chi connectivity index (χ3v) is 2.71. The van der Waals surface area contributed by atoms with Gasteiger partial charge in [-0.05, 0) is 43.9 Å². The van der Waals surface area contributed by atoms with Gasteiger partial charge in [-0.2, -0.15) is 0 Å². The first-order chi connectivity index (χ1) is 10.4. The highest BCUT2D eigenvalue weighted by molar-refractivity contribution is 5.76. The molecule has 0 atom stereocenters. The lowest BCUT2D eigenvalue weighted by Crippen LogP contribution is -1.80. The van der Waals surface area contributed by atoms with Crippen molar-refractivity contribution in [1.82, 2.24) is 0 Å². The molecule has 0 aliphatic heterocycles. The Hall–Kier alpha value is -1.89. The summed E-state index contributed by atoms with van der Waals surface area (Å²) in [6.45, 7) is 16.0. The Kier molecular flexibility index (Phi) is 15.8. The van der Waals surface area contributed by atoms with Crippen molar-refractivity contribution in [1.29, 1.82) is 5.41 Å². The van der Waals surface area contributed by atoms with Crippen LogP contribution < -0.4 is 0 Å². The number of nitrogens with one attached hydrogen (secondary N) is 1. The van der Waals surface area contributed by atoms with Crippen LogP contribution in [0.1, 0.15) is 53.5 Å². The van der Waals surface area contributed by atoms with Gasteiger partial charge in [0.25, 0.3) is 0 Å². The Labute approximate surface area is 138 Å². The molecule has 0 spiro atoms. The van der Waals surface area contributed by atoms with E-state index in [-0.39, 0.29) is 0 Å². The minimum absolute atomic E-state index is 0.988.